The van der Waals surface area contributed by atoms with Gasteiger partial charge in [0.25, 0.3) is 0 Å². The fourth-order valence-electron chi connectivity index (χ4n) is 2.54. The van der Waals surface area contributed by atoms with Gasteiger partial charge >= 0.3 is 0 Å². The van der Waals surface area contributed by atoms with Crippen LogP contribution in [0.5, 0.6) is 0 Å². The molecule has 3 heteroatoms. The molecular formula is C18H30O3. The molecule has 0 aromatic rings. The van der Waals surface area contributed by atoms with E-state index in [9.17, 15) is 4.79 Å². The smallest absolute Gasteiger partial charge is 0.163 e. The van der Waals surface area contributed by atoms with Crippen molar-refractivity contribution in [2.24, 2.45) is 11.8 Å². The first kappa shape index (κ1) is 20.3. The molecule has 0 aromatic heterocycles. The molecule has 120 valence electrons. The maximum Gasteiger partial charge on any atom is 0.163 e. The summed E-state index contributed by atoms with van der Waals surface area (Å²) in [7, 11) is 5.44. The zero-order valence-electron chi connectivity index (χ0n) is 14.3. The van der Waals surface area contributed by atoms with Gasteiger partial charge in [-0.2, -0.15) is 0 Å². The van der Waals surface area contributed by atoms with Crippen LogP contribution in [0.1, 0.15) is 54.4 Å². The third kappa shape index (κ3) is 9.05. The van der Waals surface area contributed by atoms with Gasteiger partial charge < -0.3 is 9.47 Å². The molecule has 0 aliphatic rings. The van der Waals surface area contributed by atoms with E-state index in [0.717, 1.165) is 12.8 Å². The fraction of sp³-hybridized carbons (Fsp3) is 0.722. The summed E-state index contributed by atoms with van der Waals surface area (Å²) in [5.74, 6) is 0.396. The molecule has 4 radical (unpaired) electrons. The van der Waals surface area contributed by atoms with Crippen molar-refractivity contribution in [3.63, 3.8) is 0 Å². The molecule has 0 saturated carbocycles. The van der Waals surface area contributed by atoms with Crippen molar-refractivity contribution in [3.8, 4) is 0 Å². The van der Waals surface area contributed by atoms with Crippen molar-refractivity contribution in [1.29, 1.82) is 0 Å². The van der Waals surface area contributed by atoms with Gasteiger partial charge in [0.2, 0.25) is 0 Å². The van der Waals surface area contributed by atoms with Gasteiger partial charge in [-0.15, -0.1) is 0 Å². The number of rotatable bonds is 10. The Labute approximate surface area is 131 Å². The van der Waals surface area contributed by atoms with Crippen molar-refractivity contribution in [1.82, 2.24) is 0 Å². The Balaban J connectivity index is 5.07. The molecule has 0 aliphatic carbocycles. The van der Waals surface area contributed by atoms with Crippen LogP contribution in [0.2, 0.25) is 0 Å². The second-order valence-corrected chi connectivity index (χ2v) is 7.03. The van der Waals surface area contributed by atoms with Gasteiger partial charge in [-0.25, -0.2) is 0 Å². The minimum atomic E-state index is -0.569. The average Bonchev–Trinajstić information content (AvgIpc) is 2.33. The summed E-state index contributed by atoms with van der Waals surface area (Å²) in [5.41, 5.74) is -1.12. The second-order valence-electron chi connectivity index (χ2n) is 7.03. The van der Waals surface area contributed by atoms with E-state index in [2.05, 4.69) is 27.7 Å². The average molecular weight is 294 g/mol. The van der Waals surface area contributed by atoms with Crippen LogP contribution >= 0.6 is 0 Å². The standard InChI is InChI=1S/C18H30O3/c1-14(2)11-17(6,20-8)9-10-18(7,12-15(3)4)21-13-16(5)19/h5,8-10,14-15H,11-13H2,1-4,6-7H3. The summed E-state index contributed by atoms with van der Waals surface area (Å²) in [6.45, 7) is 17.4. The topological polar surface area (TPSA) is 35.5 Å². The van der Waals surface area contributed by atoms with Crippen LogP contribution in [0.15, 0.2) is 12.2 Å². The summed E-state index contributed by atoms with van der Waals surface area (Å²) in [4.78, 5) is 11.0. The molecule has 0 spiro atoms. The monoisotopic (exact) mass is 294 g/mol. The number of hydrogen-bond acceptors (Lipinski definition) is 3. The van der Waals surface area contributed by atoms with E-state index >= 15 is 0 Å². The van der Waals surface area contributed by atoms with Gasteiger partial charge in [0.15, 0.2) is 5.78 Å². The first-order valence-corrected chi connectivity index (χ1v) is 7.52. The van der Waals surface area contributed by atoms with Crippen LogP contribution in [0.3, 0.4) is 0 Å². The van der Waals surface area contributed by atoms with Crippen LogP contribution in [0.25, 0.3) is 0 Å². The molecule has 0 fully saturated rings. The number of ether oxygens (including phenoxy) is 2. The van der Waals surface area contributed by atoms with E-state index in [4.69, 9.17) is 23.5 Å². The Bertz CT molecular complexity index is 346. The van der Waals surface area contributed by atoms with Gasteiger partial charge in [-0.1, -0.05) is 39.8 Å². The zero-order chi connectivity index (χ0) is 16.7. The van der Waals surface area contributed by atoms with Crippen molar-refractivity contribution < 1.29 is 14.3 Å². The summed E-state index contributed by atoms with van der Waals surface area (Å²) in [6, 6.07) is 0. The molecule has 3 nitrogen and oxygen atoms in total. The minimum absolute atomic E-state index is 0.0993. The number of hydrogen-bond donors (Lipinski definition) is 0. The van der Waals surface area contributed by atoms with E-state index in [-0.39, 0.29) is 6.61 Å². The lowest BCUT2D eigenvalue weighted by Crippen LogP contribution is -2.33. The van der Waals surface area contributed by atoms with Gasteiger partial charge in [-0.05, 0) is 38.5 Å². The van der Waals surface area contributed by atoms with Crippen LogP contribution in [0.4, 0.5) is 0 Å². The SMILES string of the molecule is [CH]OC(C)(C=CC(C)(CC(C)C)OCC([CH])=O)CC(C)C. The predicted molar refractivity (Wildman–Crippen MR) is 85.5 cm³/mol. The maximum atomic E-state index is 11.0. The molecule has 0 N–H and O–H groups in total. The largest absolute Gasteiger partial charge is 0.363 e. The van der Waals surface area contributed by atoms with Gasteiger partial charge in [0.1, 0.15) is 13.7 Å². The molecule has 0 bridgehead atoms. The molecule has 0 aromatic carbocycles. The first-order valence-electron chi connectivity index (χ1n) is 7.52. The van der Waals surface area contributed by atoms with Crippen LogP contribution in [-0.2, 0) is 14.3 Å². The van der Waals surface area contributed by atoms with E-state index < -0.39 is 17.0 Å². The number of ketones is 1. The van der Waals surface area contributed by atoms with E-state index in [0.29, 0.717) is 11.8 Å². The highest BCUT2D eigenvalue weighted by Crippen LogP contribution is 2.27. The first-order chi connectivity index (χ1) is 9.52. The minimum Gasteiger partial charge on any atom is -0.363 e. The summed E-state index contributed by atoms with van der Waals surface area (Å²) >= 11 is 0. The van der Waals surface area contributed by atoms with E-state index in [1.165, 1.54) is 0 Å². The highest BCUT2D eigenvalue weighted by Gasteiger charge is 2.27. The molecular weight excluding hydrogens is 264 g/mol. The van der Waals surface area contributed by atoms with E-state index in [1.807, 2.05) is 26.0 Å². The van der Waals surface area contributed by atoms with Crippen molar-refractivity contribution in [2.75, 3.05) is 6.61 Å². The second kappa shape index (κ2) is 8.70. The third-order valence-electron chi connectivity index (χ3n) is 3.23. The van der Waals surface area contributed by atoms with Crippen molar-refractivity contribution in [3.05, 3.63) is 26.2 Å². The Kier molecular flexibility index (Phi) is 8.42. The lowest BCUT2D eigenvalue weighted by atomic mass is 9.88. The van der Waals surface area contributed by atoms with Crippen LogP contribution < -0.4 is 0 Å². The van der Waals surface area contributed by atoms with Crippen molar-refractivity contribution >= 4 is 5.78 Å². The Morgan fingerprint density at radius 1 is 1.05 bits per heavy atom. The summed E-state index contributed by atoms with van der Waals surface area (Å²) in [5, 5.41) is 0. The normalized spacial score (nSPS) is 18.2. The quantitative estimate of drug-likeness (QED) is 0.568. The molecule has 0 amide bonds. The molecule has 0 aliphatic heterocycles. The molecule has 21 heavy (non-hydrogen) atoms. The summed E-state index contributed by atoms with van der Waals surface area (Å²) < 4.78 is 10.8. The Morgan fingerprint density at radius 2 is 1.48 bits per heavy atom. The number of Topliss-reactive ketones (excluding diaryl/α,β-unsaturated/α-hetero) is 1. The Morgan fingerprint density at radius 3 is 1.86 bits per heavy atom. The fourth-order valence-corrected chi connectivity index (χ4v) is 2.54. The molecule has 0 rings (SSSR count). The number of carbonyl (C=O) groups excluding carboxylic acids is 1. The predicted octanol–water partition coefficient (Wildman–Crippen LogP) is 4.13. The van der Waals surface area contributed by atoms with Gasteiger partial charge in [0, 0.05) is 6.92 Å². The van der Waals surface area contributed by atoms with Gasteiger partial charge in [-0.3, -0.25) is 4.79 Å². The van der Waals surface area contributed by atoms with Crippen molar-refractivity contribution in [2.45, 2.75) is 65.6 Å². The number of carbonyl (C=O) groups is 1. The molecule has 0 heterocycles. The van der Waals surface area contributed by atoms with Crippen LogP contribution in [0, 0.1) is 25.9 Å². The Hall–Kier alpha value is -0.670. The molecule has 2 unspecified atom stereocenters. The van der Waals surface area contributed by atoms with Crippen LogP contribution in [-0.4, -0.2) is 23.6 Å². The molecule has 0 saturated heterocycles. The third-order valence-corrected chi connectivity index (χ3v) is 3.23. The molecule has 2 atom stereocenters. The maximum absolute atomic E-state index is 11.0. The lowest BCUT2D eigenvalue weighted by molar-refractivity contribution is -0.124. The highest BCUT2D eigenvalue weighted by molar-refractivity contribution is 5.83. The highest BCUT2D eigenvalue weighted by atomic mass is 16.5. The van der Waals surface area contributed by atoms with E-state index in [1.54, 1.807) is 0 Å². The zero-order valence-corrected chi connectivity index (χ0v) is 14.3. The van der Waals surface area contributed by atoms with Gasteiger partial charge in [0.05, 0.1) is 11.2 Å². The summed E-state index contributed by atoms with van der Waals surface area (Å²) in [6.07, 6.45) is 5.44. The lowest BCUT2D eigenvalue weighted by Gasteiger charge is -2.31.